The van der Waals surface area contributed by atoms with Crippen LogP contribution in [0.2, 0.25) is 0 Å². The van der Waals surface area contributed by atoms with Crippen LogP contribution in [0.15, 0.2) is 28.8 Å². The van der Waals surface area contributed by atoms with Gasteiger partial charge in [-0.2, -0.15) is 4.98 Å². The van der Waals surface area contributed by atoms with Crippen molar-refractivity contribution in [1.82, 2.24) is 10.1 Å². The fourth-order valence-electron chi connectivity index (χ4n) is 2.25. The first-order valence-electron chi connectivity index (χ1n) is 6.85. The summed E-state index contributed by atoms with van der Waals surface area (Å²) in [7, 11) is -1.23. The molecule has 1 saturated heterocycles. The normalized spacial score (nSPS) is 20.1. The lowest BCUT2D eigenvalue weighted by Gasteiger charge is -2.03. The van der Waals surface area contributed by atoms with Gasteiger partial charge in [0.15, 0.2) is 9.84 Å². The number of nitrogens with zero attached hydrogens (tertiary/aromatic N) is 2. The highest BCUT2D eigenvalue weighted by Gasteiger charge is 2.28. The number of hydrogen-bond donors (Lipinski definition) is 0. The largest absolute Gasteiger partial charge is 0.497 e. The van der Waals surface area contributed by atoms with Gasteiger partial charge in [0.25, 0.3) is 0 Å². The summed E-state index contributed by atoms with van der Waals surface area (Å²) >= 11 is 1.56. The van der Waals surface area contributed by atoms with Crippen molar-refractivity contribution in [2.24, 2.45) is 0 Å². The smallest absolute Gasteiger partial charge is 0.236 e. The van der Waals surface area contributed by atoms with Crippen LogP contribution in [0.5, 0.6) is 5.75 Å². The van der Waals surface area contributed by atoms with Crippen LogP contribution in [-0.4, -0.2) is 42.4 Å². The summed E-state index contributed by atoms with van der Waals surface area (Å²) in [5.41, 5.74) is 0.851. The molecule has 0 saturated carbocycles. The van der Waals surface area contributed by atoms with E-state index >= 15 is 0 Å². The van der Waals surface area contributed by atoms with Crippen molar-refractivity contribution in [1.29, 1.82) is 0 Å². The van der Waals surface area contributed by atoms with Gasteiger partial charge in [0.05, 0.1) is 24.4 Å². The molecular weight excluding hydrogens is 324 g/mol. The Bertz CT molecular complexity index is 740. The fourth-order valence-corrected chi connectivity index (χ4v) is 5.73. The van der Waals surface area contributed by atoms with E-state index in [1.165, 1.54) is 0 Å². The van der Waals surface area contributed by atoms with Gasteiger partial charge in [0.1, 0.15) is 5.75 Å². The second-order valence-electron chi connectivity index (χ2n) is 5.08. The summed E-state index contributed by atoms with van der Waals surface area (Å²) in [5.74, 6) is 2.87. The van der Waals surface area contributed by atoms with Gasteiger partial charge in [-0.15, -0.1) is 11.8 Å². The Morgan fingerprint density at radius 1 is 1.36 bits per heavy atom. The van der Waals surface area contributed by atoms with Crippen LogP contribution in [0.25, 0.3) is 11.4 Å². The van der Waals surface area contributed by atoms with E-state index in [-0.39, 0.29) is 16.8 Å². The number of rotatable bonds is 5. The zero-order valence-electron chi connectivity index (χ0n) is 12.1. The van der Waals surface area contributed by atoms with Gasteiger partial charge in [0, 0.05) is 10.8 Å². The van der Waals surface area contributed by atoms with Crippen molar-refractivity contribution in [3.63, 3.8) is 0 Å². The minimum Gasteiger partial charge on any atom is -0.497 e. The first kappa shape index (κ1) is 15.4. The number of sulfone groups is 1. The number of thioether (sulfide) groups is 1. The fraction of sp³-hybridized carbons (Fsp3) is 0.429. The summed E-state index contributed by atoms with van der Waals surface area (Å²) in [6.45, 7) is 0. The molecule has 0 bridgehead atoms. The van der Waals surface area contributed by atoms with E-state index in [4.69, 9.17) is 9.26 Å². The number of aromatic nitrogens is 2. The number of methoxy groups -OCH3 is 1. The van der Waals surface area contributed by atoms with Crippen LogP contribution in [0, 0.1) is 0 Å². The van der Waals surface area contributed by atoms with Crippen molar-refractivity contribution >= 4 is 21.6 Å². The Balaban J connectivity index is 1.61. The molecule has 1 aliphatic heterocycles. The van der Waals surface area contributed by atoms with E-state index < -0.39 is 9.84 Å². The Hall–Kier alpha value is -1.54. The highest BCUT2D eigenvalue weighted by atomic mass is 32.2. The van der Waals surface area contributed by atoms with Gasteiger partial charge in [-0.1, -0.05) is 5.16 Å². The molecule has 0 amide bonds. The third-order valence-corrected chi connectivity index (χ3v) is 6.72. The SMILES string of the molecule is COc1ccc(-c2noc(CSC3CCS(=O)(=O)C3)n2)cc1. The first-order valence-corrected chi connectivity index (χ1v) is 9.72. The lowest BCUT2D eigenvalue weighted by molar-refractivity contribution is 0.391. The summed E-state index contributed by atoms with van der Waals surface area (Å²) in [4.78, 5) is 4.34. The highest BCUT2D eigenvalue weighted by Crippen LogP contribution is 2.27. The summed E-state index contributed by atoms with van der Waals surface area (Å²) in [5, 5.41) is 4.08. The van der Waals surface area contributed by atoms with Crippen molar-refractivity contribution in [2.75, 3.05) is 18.6 Å². The van der Waals surface area contributed by atoms with Gasteiger partial charge in [0.2, 0.25) is 11.7 Å². The molecule has 0 N–H and O–H groups in total. The second kappa shape index (κ2) is 6.29. The Morgan fingerprint density at radius 2 is 2.14 bits per heavy atom. The summed E-state index contributed by atoms with van der Waals surface area (Å²) < 4.78 is 33.2. The molecule has 3 rings (SSSR count). The van der Waals surface area contributed by atoms with E-state index in [9.17, 15) is 8.42 Å². The average Bonchev–Trinajstić information content (AvgIpc) is 3.11. The number of benzene rings is 1. The molecule has 118 valence electrons. The van der Waals surface area contributed by atoms with E-state index in [0.717, 1.165) is 11.3 Å². The molecule has 1 aromatic carbocycles. The van der Waals surface area contributed by atoms with Gasteiger partial charge in [-0.3, -0.25) is 0 Å². The maximum atomic E-state index is 11.4. The molecule has 8 heteroatoms. The molecule has 2 heterocycles. The van der Waals surface area contributed by atoms with Crippen LogP contribution in [0.1, 0.15) is 12.3 Å². The highest BCUT2D eigenvalue weighted by molar-refractivity contribution is 8.01. The number of ether oxygens (including phenoxy) is 1. The Labute approximate surface area is 133 Å². The van der Waals surface area contributed by atoms with Crippen LogP contribution in [-0.2, 0) is 15.6 Å². The number of hydrogen-bond acceptors (Lipinski definition) is 7. The van der Waals surface area contributed by atoms with Crippen LogP contribution in [0.3, 0.4) is 0 Å². The molecule has 6 nitrogen and oxygen atoms in total. The quantitative estimate of drug-likeness (QED) is 0.825. The standard InChI is InChI=1S/C14H16N2O4S2/c1-19-11-4-2-10(3-5-11)14-15-13(20-16-14)8-21-12-6-7-22(17,18)9-12/h2-5,12H,6-9H2,1H3. The monoisotopic (exact) mass is 340 g/mol. The Morgan fingerprint density at radius 3 is 2.77 bits per heavy atom. The maximum Gasteiger partial charge on any atom is 0.236 e. The predicted molar refractivity (Wildman–Crippen MR) is 84.6 cm³/mol. The molecule has 1 aromatic heterocycles. The van der Waals surface area contributed by atoms with E-state index in [1.807, 2.05) is 24.3 Å². The van der Waals surface area contributed by atoms with Gasteiger partial charge in [-0.25, -0.2) is 8.42 Å². The van der Waals surface area contributed by atoms with Gasteiger partial charge in [-0.05, 0) is 30.7 Å². The summed E-state index contributed by atoms with van der Waals surface area (Å²) in [6.07, 6.45) is 0.701. The lowest BCUT2D eigenvalue weighted by Crippen LogP contribution is -2.06. The van der Waals surface area contributed by atoms with Gasteiger partial charge >= 0.3 is 0 Å². The predicted octanol–water partition coefficient (Wildman–Crippen LogP) is 2.17. The second-order valence-corrected chi connectivity index (χ2v) is 8.59. The first-order chi connectivity index (χ1) is 10.6. The van der Waals surface area contributed by atoms with Crippen molar-refractivity contribution in [3.05, 3.63) is 30.2 Å². The Kier molecular flexibility index (Phi) is 4.39. The molecule has 2 aromatic rings. The lowest BCUT2D eigenvalue weighted by atomic mass is 10.2. The molecule has 1 atom stereocenters. The third-order valence-electron chi connectivity index (χ3n) is 3.45. The molecule has 0 spiro atoms. The molecular formula is C14H16N2O4S2. The van der Waals surface area contributed by atoms with E-state index in [1.54, 1.807) is 18.9 Å². The zero-order chi connectivity index (χ0) is 15.6. The third kappa shape index (κ3) is 3.61. The molecule has 0 radical (unpaired) electrons. The van der Waals surface area contributed by atoms with E-state index in [2.05, 4.69) is 10.1 Å². The molecule has 1 aliphatic rings. The van der Waals surface area contributed by atoms with Crippen molar-refractivity contribution < 1.29 is 17.7 Å². The van der Waals surface area contributed by atoms with Gasteiger partial charge < -0.3 is 9.26 Å². The summed E-state index contributed by atoms with van der Waals surface area (Å²) in [6, 6.07) is 7.40. The topological polar surface area (TPSA) is 82.3 Å². The van der Waals surface area contributed by atoms with Crippen LogP contribution >= 0.6 is 11.8 Å². The minimum absolute atomic E-state index is 0.126. The van der Waals surface area contributed by atoms with Crippen molar-refractivity contribution in [3.8, 4) is 17.1 Å². The van der Waals surface area contributed by atoms with E-state index in [0.29, 0.717) is 23.9 Å². The molecule has 22 heavy (non-hydrogen) atoms. The van der Waals surface area contributed by atoms with Crippen LogP contribution in [0.4, 0.5) is 0 Å². The molecule has 0 aliphatic carbocycles. The molecule has 1 fully saturated rings. The average molecular weight is 340 g/mol. The zero-order valence-corrected chi connectivity index (χ0v) is 13.7. The van der Waals surface area contributed by atoms with Crippen LogP contribution < -0.4 is 4.74 Å². The minimum atomic E-state index is -2.84. The van der Waals surface area contributed by atoms with Crippen molar-refractivity contribution in [2.45, 2.75) is 17.4 Å². The maximum absolute atomic E-state index is 11.4. The molecule has 1 unspecified atom stereocenters.